The van der Waals surface area contributed by atoms with E-state index in [2.05, 4.69) is 24.8 Å². The monoisotopic (exact) mass is 320 g/mol. The van der Waals surface area contributed by atoms with Gasteiger partial charge in [0.15, 0.2) is 0 Å². The van der Waals surface area contributed by atoms with Crippen molar-refractivity contribution in [2.75, 3.05) is 6.54 Å². The van der Waals surface area contributed by atoms with Gasteiger partial charge in [-0.1, -0.05) is 23.4 Å². The first-order chi connectivity index (χ1) is 11.9. The Morgan fingerprint density at radius 3 is 2.83 bits per heavy atom. The number of rotatable bonds is 4. The zero-order valence-corrected chi connectivity index (χ0v) is 13.5. The summed E-state index contributed by atoms with van der Waals surface area (Å²) in [5, 5.41) is 8.58. The lowest BCUT2D eigenvalue weighted by Gasteiger charge is -2.26. The summed E-state index contributed by atoms with van der Waals surface area (Å²) < 4.78 is 4.24. The first-order valence-electron chi connectivity index (χ1n) is 8.60. The number of hydrogen-bond donors (Lipinski definition) is 0. The molecule has 6 nitrogen and oxygen atoms in total. The molecule has 0 spiro atoms. The quantitative estimate of drug-likeness (QED) is 0.740. The highest BCUT2D eigenvalue weighted by atomic mass is 15.4. The number of fused-ring (bicyclic) bond motifs is 1. The highest BCUT2D eigenvalue weighted by Crippen LogP contribution is 2.37. The van der Waals surface area contributed by atoms with Gasteiger partial charge in [0.05, 0.1) is 29.6 Å². The molecule has 1 aromatic carbocycles. The van der Waals surface area contributed by atoms with Crippen LogP contribution < -0.4 is 0 Å². The average molecular weight is 320 g/mol. The van der Waals surface area contributed by atoms with Gasteiger partial charge in [-0.05, 0) is 25.0 Å². The molecule has 0 amide bonds. The number of aromatic nitrogens is 5. The Morgan fingerprint density at radius 2 is 2.00 bits per heavy atom. The summed E-state index contributed by atoms with van der Waals surface area (Å²) in [5.41, 5.74) is 4.73. The van der Waals surface area contributed by atoms with Gasteiger partial charge in [0.2, 0.25) is 0 Å². The summed E-state index contributed by atoms with van der Waals surface area (Å²) in [6, 6.07) is 10.8. The van der Waals surface area contributed by atoms with Gasteiger partial charge in [-0.3, -0.25) is 4.90 Å². The zero-order valence-electron chi connectivity index (χ0n) is 13.5. The molecule has 0 N–H and O–H groups in total. The largest absolute Gasteiger partial charge is 0.331 e. The van der Waals surface area contributed by atoms with Crippen LogP contribution in [0.1, 0.15) is 36.0 Å². The Kier molecular flexibility index (Phi) is 3.23. The van der Waals surface area contributed by atoms with Gasteiger partial charge < -0.3 is 4.57 Å². The van der Waals surface area contributed by atoms with Crippen LogP contribution in [-0.2, 0) is 19.5 Å². The van der Waals surface area contributed by atoms with Crippen LogP contribution in [0, 0.1) is 0 Å². The molecule has 0 bridgehead atoms. The van der Waals surface area contributed by atoms with Gasteiger partial charge in [-0.25, -0.2) is 9.67 Å². The summed E-state index contributed by atoms with van der Waals surface area (Å²) >= 11 is 0. The van der Waals surface area contributed by atoms with Crippen LogP contribution in [0.15, 0.2) is 42.9 Å². The van der Waals surface area contributed by atoms with Crippen LogP contribution in [0.4, 0.5) is 0 Å². The van der Waals surface area contributed by atoms with Crippen LogP contribution in [-0.4, -0.2) is 36.0 Å². The molecule has 0 atom stereocenters. The lowest BCUT2D eigenvalue weighted by Crippen LogP contribution is -2.31. The molecule has 2 aliphatic rings. The Morgan fingerprint density at radius 1 is 1.12 bits per heavy atom. The second-order valence-electron chi connectivity index (χ2n) is 6.73. The maximum absolute atomic E-state index is 4.64. The molecule has 24 heavy (non-hydrogen) atoms. The lowest BCUT2D eigenvalue weighted by molar-refractivity contribution is 0.236. The summed E-state index contributed by atoms with van der Waals surface area (Å²) in [6.45, 7) is 2.79. The van der Waals surface area contributed by atoms with E-state index in [4.69, 9.17) is 0 Å². The lowest BCUT2D eigenvalue weighted by atomic mass is 10.1. The Hall–Kier alpha value is -2.47. The van der Waals surface area contributed by atoms with Crippen molar-refractivity contribution in [3.05, 3.63) is 59.9 Å². The molecule has 2 aromatic heterocycles. The maximum Gasteiger partial charge on any atom is 0.0971 e. The van der Waals surface area contributed by atoms with Crippen LogP contribution >= 0.6 is 0 Å². The van der Waals surface area contributed by atoms with Gasteiger partial charge in [0.25, 0.3) is 0 Å². The second-order valence-corrected chi connectivity index (χ2v) is 6.73. The minimum absolute atomic E-state index is 0.721. The highest BCUT2D eigenvalue weighted by Gasteiger charge is 2.29. The van der Waals surface area contributed by atoms with E-state index < -0.39 is 0 Å². The molecule has 0 saturated heterocycles. The molecule has 1 aliphatic carbocycles. The molecule has 6 heteroatoms. The standard InChI is InChI=1S/C18H20N6/c1-2-4-16(5-3-1)24-11-14(20-21-24)10-22-9-8-18-17(12-22)19-13-23(18)15-6-7-15/h1-5,11,13,15H,6-10,12H2. The van der Waals surface area contributed by atoms with Crippen LogP contribution in [0.25, 0.3) is 5.69 Å². The zero-order chi connectivity index (χ0) is 15.9. The number of imidazole rings is 1. The number of benzene rings is 1. The van der Waals surface area contributed by atoms with E-state index >= 15 is 0 Å². The Balaban J connectivity index is 1.30. The van der Waals surface area contributed by atoms with E-state index in [1.54, 1.807) is 0 Å². The molecular weight excluding hydrogens is 300 g/mol. The summed E-state index contributed by atoms with van der Waals surface area (Å²) in [7, 11) is 0. The number of nitrogens with zero attached hydrogens (tertiary/aromatic N) is 6. The molecule has 122 valence electrons. The summed E-state index contributed by atoms with van der Waals surface area (Å²) in [4.78, 5) is 7.05. The van der Waals surface area contributed by atoms with Crippen LogP contribution in [0.2, 0.25) is 0 Å². The van der Waals surface area contributed by atoms with E-state index in [0.29, 0.717) is 0 Å². The first kappa shape index (κ1) is 13.9. The minimum atomic E-state index is 0.721. The summed E-state index contributed by atoms with van der Waals surface area (Å²) in [5.74, 6) is 0. The van der Waals surface area contributed by atoms with Gasteiger partial charge in [-0.15, -0.1) is 5.10 Å². The third kappa shape index (κ3) is 2.53. The van der Waals surface area contributed by atoms with E-state index in [-0.39, 0.29) is 0 Å². The van der Waals surface area contributed by atoms with Crippen molar-refractivity contribution >= 4 is 0 Å². The molecule has 0 radical (unpaired) electrons. The molecule has 1 fully saturated rings. The fraction of sp³-hybridized carbons (Fsp3) is 0.389. The van der Waals surface area contributed by atoms with Gasteiger partial charge >= 0.3 is 0 Å². The van der Waals surface area contributed by atoms with Crippen molar-refractivity contribution in [2.24, 2.45) is 0 Å². The van der Waals surface area contributed by atoms with Crippen molar-refractivity contribution in [3.8, 4) is 5.69 Å². The molecule has 0 unspecified atom stereocenters. The van der Waals surface area contributed by atoms with E-state index in [9.17, 15) is 0 Å². The van der Waals surface area contributed by atoms with Gasteiger partial charge in [0, 0.05) is 37.8 Å². The molecule has 5 rings (SSSR count). The van der Waals surface area contributed by atoms with Gasteiger partial charge in [0.1, 0.15) is 0 Å². The van der Waals surface area contributed by atoms with E-state index in [0.717, 1.165) is 43.5 Å². The first-order valence-corrected chi connectivity index (χ1v) is 8.60. The third-order valence-corrected chi connectivity index (χ3v) is 4.91. The fourth-order valence-electron chi connectivity index (χ4n) is 3.49. The predicted molar refractivity (Wildman–Crippen MR) is 89.7 cm³/mol. The van der Waals surface area contributed by atoms with Crippen molar-refractivity contribution < 1.29 is 0 Å². The van der Waals surface area contributed by atoms with Crippen molar-refractivity contribution in [1.82, 2.24) is 29.4 Å². The molecule has 1 aliphatic heterocycles. The molecule has 3 aromatic rings. The van der Waals surface area contributed by atoms with Crippen LogP contribution in [0.3, 0.4) is 0 Å². The minimum Gasteiger partial charge on any atom is -0.331 e. The third-order valence-electron chi connectivity index (χ3n) is 4.91. The fourth-order valence-corrected chi connectivity index (χ4v) is 3.49. The topological polar surface area (TPSA) is 51.8 Å². The van der Waals surface area contributed by atoms with Crippen molar-refractivity contribution in [3.63, 3.8) is 0 Å². The molecule has 1 saturated carbocycles. The predicted octanol–water partition coefficient (Wildman–Crippen LogP) is 2.36. The average Bonchev–Trinajstić information content (AvgIpc) is 3.21. The smallest absolute Gasteiger partial charge is 0.0971 e. The highest BCUT2D eigenvalue weighted by molar-refractivity contribution is 5.30. The van der Waals surface area contributed by atoms with Crippen molar-refractivity contribution in [1.29, 1.82) is 0 Å². The van der Waals surface area contributed by atoms with E-state index in [1.165, 1.54) is 24.2 Å². The number of para-hydroxylation sites is 1. The maximum atomic E-state index is 4.64. The van der Waals surface area contributed by atoms with E-state index in [1.807, 2.05) is 47.5 Å². The SMILES string of the molecule is c1ccc(-n2cc(CN3CCc4c(ncn4C4CC4)C3)nn2)cc1. The number of hydrogen-bond acceptors (Lipinski definition) is 4. The normalized spacial score (nSPS) is 17.8. The Labute approximate surface area is 140 Å². The summed E-state index contributed by atoms with van der Waals surface area (Å²) in [6.07, 6.45) is 7.77. The van der Waals surface area contributed by atoms with Gasteiger partial charge in [-0.2, -0.15) is 0 Å². The molecule has 3 heterocycles. The Bertz CT molecular complexity index is 846. The second kappa shape index (κ2) is 5.56. The van der Waals surface area contributed by atoms with Crippen molar-refractivity contribution in [2.45, 2.75) is 38.4 Å². The van der Waals surface area contributed by atoms with Crippen LogP contribution in [0.5, 0.6) is 0 Å². The molecular formula is C18H20N6.